The van der Waals surface area contributed by atoms with E-state index < -0.39 is 0 Å². The number of para-hydroxylation sites is 1. The highest BCUT2D eigenvalue weighted by Crippen LogP contribution is 2.43. The van der Waals surface area contributed by atoms with Crippen LogP contribution in [0.1, 0.15) is 10.6 Å². The molecule has 30 heavy (non-hydrogen) atoms. The second-order valence-corrected chi connectivity index (χ2v) is 10.2. The van der Waals surface area contributed by atoms with Gasteiger partial charge < -0.3 is 14.8 Å². The number of aromatic nitrogens is 2. The van der Waals surface area contributed by atoms with Gasteiger partial charge in [0.2, 0.25) is 5.91 Å². The second kappa shape index (κ2) is 7.80. The lowest BCUT2D eigenvalue weighted by Gasteiger charge is -2.32. The number of nitrogens with one attached hydrogen (secondary N) is 1. The quantitative estimate of drug-likeness (QED) is 0.662. The number of carbonyl (C=O) groups is 1. The van der Waals surface area contributed by atoms with E-state index in [9.17, 15) is 4.79 Å². The van der Waals surface area contributed by atoms with Crippen molar-refractivity contribution in [3.05, 3.63) is 52.6 Å². The van der Waals surface area contributed by atoms with Crippen molar-refractivity contribution in [2.45, 2.75) is 13.0 Å². The minimum absolute atomic E-state index is 0.149. The van der Waals surface area contributed by atoms with E-state index in [1.54, 1.807) is 11.3 Å². The number of likely N-dealkylation sites (tertiary alicyclic amines) is 2. The Morgan fingerprint density at radius 2 is 2.17 bits per heavy atom. The van der Waals surface area contributed by atoms with E-state index in [0.717, 1.165) is 55.7 Å². The number of H-pyrrole nitrogens is 1. The summed E-state index contributed by atoms with van der Waals surface area (Å²) in [6, 6.07) is 8.21. The van der Waals surface area contributed by atoms with Crippen LogP contribution < -0.4 is 0 Å². The van der Waals surface area contributed by atoms with Gasteiger partial charge in [0.05, 0.1) is 13.0 Å². The van der Waals surface area contributed by atoms with Crippen LogP contribution in [0.5, 0.6) is 0 Å². The molecule has 7 heteroatoms. The second-order valence-electron chi connectivity index (χ2n) is 9.20. The van der Waals surface area contributed by atoms with Gasteiger partial charge in [0.1, 0.15) is 5.01 Å². The number of hydrogen-bond donors (Lipinski definition) is 1. The summed E-state index contributed by atoms with van der Waals surface area (Å²) in [6.07, 6.45) is 4.35. The number of fused-ring (bicyclic) bond motifs is 2. The van der Waals surface area contributed by atoms with Crippen LogP contribution in [0.2, 0.25) is 0 Å². The van der Waals surface area contributed by atoms with Crippen LogP contribution in [0.25, 0.3) is 10.9 Å². The SMILES string of the molecule is CN(C)C[C@]12CN(Cc3nccs3)C[C@H]1CN(C(=O)Cc1c[nH]c3ccccc13)C2. The zero-order valence-corrected chi connectivity index (χ0v) is 18.5. The third kappa shape index (κ3) is 3.66. The summed E-state index contributed by atoms with van der Waals surface area (Å²) < 4.78 is 0. The standard InChI is InChI=1S/C23H29N5OS/c1-26(2)14-23-15-27(13-21-24-7-8-30-21)11-18(23)12-28(16-23)22(29)9-17-10-25-20-6-4-3-5-19(17)20/h3-8,10,18,25H,9,11-16H2,1-2H3/t18-,23+/m0/s1. The molecule has 1 N–H and O–H groups in total. The third-order valence-electron chi connectivity index (χ3n) is 6.67. The summed E-state index contributed by atoms with van der Waals surface area (Å²) >= 11 is 1.73. The lowest BCUT2D eigenvalue weighted by Crippen LogP contribution is -2.43. The highest BCUT2D eigenvalue weighted by atomic mass is 32.1. The van der Waals surface area contributed by atoms with Gasteiger partial charge in [0.25, 0.3) is 0 Å². The Labute approximate surface area is 181 Å². The molecule has 0 radical (unpaired) electrons. The molecule has 3 aromatic rings. The van der Waals surface area contributed by atoms with E-state index in [-0.39, 0.29) is 11.3 Å². The Kier molecular flexibility index (Phi) is 5.13. The van der Waals surface area contributed by atoms with Crippen LogP contribution >= 0.6 is 11.3 Å². The molecule has 0 saturated carbocycles. The van der Waals surface area contributed by atoms with Crippen LogP contribution in [0.3, 0.4) is 0 Å². The van der Waals surface area contributed by atoms with Gasteiger partial charge in [-0.15, -0.1) is 11.3 Å². The van der Waals surface area contributed by atoms with E-state index in [0.29, 0.717) is 12.3 Å². The van der Waals surface area contributed by atoms with Crippen LogP contribution in [0.15, 0.2) is 42.0 Å². The van der Waals surface area contributed by atoms with Gasteiger partial charge in [-0.05, 0) is 31.6 Å². The summed E-state index contributed by atoms with van der Waals surface area (Å²) in [5.41, 5.74) is 2.34. The lowest BCUT2D eigenvalue weighted by molar-refractivity contribution is -0.130. The minimum atomic E-state index is 0.149. The van der Waals surface area contributed by atoms with E-state index >= 15 is 0 Å². The highest BCUT2D eigenvalue weighted by molar-refractivity contribution is 7.09. The van der Waals surface area contributed by atoms with Gasteiger partial charge >= 0.3 is 0 Å². The zero-order valence-electron chi connectivity index (χ0n) is 17.7. The number of carbonyl (C=O) groups excluding carboxylic acids is 1. The number of hydrogen-bond acceptors (Lipinski definition) is 5. The summed E-state index contributed by atoms with van der Waals surface area (Å²) in [5.74, 6) is 0.769. The van der Waals surface area contributed by atoms with Crippen LogP contribution in [-0.2, 0) is 17.8 Å². The Hall–Kier alpha value is -2.22. The number of thiazole rings is 1. The largest absolute Gasteiger partial charge is 0.361 e. The van der Waals surface area contributed by atoms with Crippen molar-refractivity contribution < 1.29 is 4.79 Å². The molecule has 0 bridgehead atoms. The molecular weight excluding hydrogens is 394 g/mol. The van der Waals surface area contributed by atoms with Crippen molar-refractivity contribution in [3.63, 3.8) is 0 Å². The molecule has 2 aliphatic heterocycles. The Bertz CT molecular complexity index is 1030. The summed E-state index contributed by atoms with van der Waals surface area (Å²) in [7, 11) is 4.29. The average Bonchev–Trinajstić information content (AvgIpc) is 3.46. The molecular formula is C23H29N5OS. The molecule has 0 spiro atoms. The molecule has 4 heterocycles. The molecule has 6 nitrogen and oxygen atoms in total. The van der Waals surface area contributed by atoms with E-state index in [1.807, 2.05) is 29.9 Å². The fraction of sp³-hybridized carbons (Fsp3) is 0.478. The monoisotopic (exact) mass is 423 g/mol. The van der Waals surface area contributed by atoms with Crippen LogP contribution in [0.4, 0.5) is 0 Å². The minimum Gasteiger partial charge on any atom is -0.361 e. The normalized spacial score (nSPS) is 24.2. The molecule has 2 aliphatic rings. The van der Waals surface area contributed by atoms with Crippen molar-refractivity contribution in [3.8, 4) is 0 Å². The number of rotatable bonds is 6. The number of aromatic amines is 1. The van der Waals surface area contributed by atoms with Gasteiger partial charge in [0, 0.05) is 66.8 Å². The first-order chi connectivity index (χ1) is 14.5. The summed E-state index contributed by atoms with van der Waals surface area (Å²) in [6.45, 7) is 5.74. The van der Waals surface area contributed by atoms with Gasteiger partial charge in [-0.25, -0.2) is 4.98 Å². The topological polar surface area (TPSA) is 55.5 Å². The van der Waals surface area contributed by atoms with Crippen LogP contribution in [-0.4, -0.2) is 77.4 Å². The maximum absolute atomic E-state index is 13.2. The van der Waals surface area contributed by atoms with Crippen molar-refractivity contribution in [1.29, 1.82) is 0 Å². The predicted molar refractivity (Wildman–Crippen MR) is 120 cm³/mol. The molecule has 5 rings (SSSR count). The Morgan fingerprint density at radius 3 is 2.97 bits per heavy atom. The van der Waals surface area contributed by atoms with E-state index in [1.165, 1.54) is 5.01 Å². The van der Waals surface area contributed by atoms with Gasteiger partial charge in [-0.1, -0.05) is 18.2 Å². The number of nitrogens with zero attached hydrogens (tertiary/aromatic N) is 4. The highest BCUT2D eigenvalue weighted by Gasteiger charge is 2.53. The lowest BCUT2D eigenvalue weighted by atomic mass is 9.80. The van der Waals surface area contributed by atoms with Crippen molar-refractivity contribution in [2.75, 3.05) is 46.8 Å². The zero-order chi connectivity index (χ0) is 20.7. The van der Waals surface area contributed by atoms with Crippen molar-refractivity contribution >= 4 is 28.1 Å². The maximum atomic E-state index is 13.2. The molecule has 1 aromatic carbocycles. The number of benzene rings is 1. The van der Waals surface area contributed by atoms with E-state index in [4.69, 9.17) is 0 Å². The van der Waals surface area contributed by atoms with E-state index in [2.05, 4.69) is 50.9 Å². The first-order valence-electron chi connectivity index (χ1n) is 10.6. The predicted octanol–water partition coefficient (Wildman–Crippen LogP) is 2.69. The fourth-order valence-corrected chi connectivity index (χ4v) is 6.19. The first kappa shape index (κ1) is 19.7. The summed E-state index contributed by atoms with van der Waals surface area (Å²) in [4.78, 5) is 27.9. The molecule has 158 valence electrons. The summed E-state index contributed by atoms with van der Waals surface area (Å²) in [5, 5.41) is 4.39. The number of amides is 1. The smallest absolute Gasteiger partial charge is 0.227 e. The molecule has 1 amide bonds. The van der Waals surface area contributed by atoms with Crippen molar-refractivity contribution in [1.82, 2.24) is 24.7 Å². The third-order valence-corrected chi connectivity index (χ3v) is 7.44. The Morgan fingerprint density at radius 1 is 1.30 bits per heavy atom. The molecule has 2 saturated heterocycles. The molecule has 2 atom stereocenters. The molecule has 2 fully saturated rings. The van der Waals surface area contributed by atoms with Gasteiger partial charge in [-0.2, -0.15) is 0 Å². The average molecular weight is 424 g/mol. The first-order valence-corrected chi connectivity index (χ1v) is 11.5. The van der Waals surface area contributed by atoms with Gasteiger partial charge in [-0.3, -0.25) is 9.69 Å². The maximum Gasteiger partial charge on any atom is 0.227 e. The van der Waals surface area contributed by atoms with Gasteiger partial charge in [0.15, 0.2) is 0 Å². The molecule has 2 aromatic heterocycles. The van der Waals surface area contributed by atoms with Crippen molar-refractivity contribution in [2.24, 2.45) is 11.3 Å². The molecule has 0 aliphatic carbocycles. The fourth-order valence-electron chi connectivity index (χ4n) is 5.53. The van der Waals surface area contributed by atoms with Crippen LogP contribution in [0, 0.1) is 11.3 Å². The molecule has 0 unspecified atom stereocenters. The Balaban J connectivity index is 1.30.